The predicted molar refractivity (Wildman–Crippen MR) is 207 cm³/mol. The zero-order valence-corrected chi connectivity index (χ0v) is 31.4. The number of thiophene rings is 1. The number of hydrogen-bond acceptors (Lipinski definition) is 6. The molecule has 2 amide bonds. The van der Waals surface area contributed by atoms with Crippen LogP contribution in [0.25, 0.3) is 5.57 Å². The number of carboxylic acid groups (broad SMARTS) is 1. The summed E-state index contributed by atoms with van der Waals surface area (Å²) in [6, 6.07) is 17.3. The van der Waals surface area contributed by atoms with Crippen LogP contribution in [0.2, 0.25) is 0 Å². The van der Waals surface area contributed by atoms with E-state index in [2.05, 4.69) is 49.7 Å². The van der Waals surface area contributed by atoms with Gasteiger partial charge in [-0.15, -0.1) is 11.3 Å². The Morgan fingerprint density at radius 1 is 1.02 bits per heavy atom. The molecule has 2 aromatic carbocycles. The molecular weight excluding hydrogens is 661 g/mol. The van der Waals surface area contributed by atoms with Gasteiger partial charge in [-0.05, 0) is 79.3 Å². The smallest absolute Gasteiger partial charge is 0.326 e. The number of carbonyl (C=O) groups excluding carboxylic acids is 2. The summed E-state index contributed by atoms with van der Waals surface area (Å²) in [5.41, 5.74) is 3.40. The topological polar surface area (TPSA) is 121 Å². The molecule has 0 aliphatic carbocycles. The lowest BCUT2D eigenvalue weighted by molar-refractivity contribution is -0.148. The lowest BCUT2D eigenvalue weighted by Gasteiger charge is -2.27. The third kappa shape index (κ3) is 11.2. The zero-order valence-electron chi connectivity index (χ0n) is 30.6. The number of nitrogens with one attached hydrogen (secondary N) is 1. The number of aliphatic imine (C=N–C) groups is 2. The molecule has 51 heavy (non-hydrogen) atoms. The van der Waals surface area contributed by atoms with Gasteiger partial charge in [0.2, 0.25) is 5.91 Å². The van der Waals surface area contributed by atoms with Crippen molar-refractivity contribution in [3.8, 4) is 5.75 Å². The second kappa shape index (κ2) is 18.6. The molecular formula is C41H52N4O5S. The number of unbranched alkanes of at least 4 members (excludes halogenated alkanes) is 4. The number of carbonyl (C=O) groups is 3. The van der Waals surface area contributed by atoms with Crippen LogP contribution >= 0.6 is 11.3 Å². The number of hydrogen-bond donors (Lipinski definition) is 2. The van der Waals surface area contributed by atoms with Gasteiger partial charge >= 0.3 is 5.97 Å². The molecule has 1 aliphatic heterocycles. The Labute approximate surface area is 306 Å². The van der Waals surface area contributed by atoms with Crippen LogP contribution in [0.5, 0.6) is 5.75 Å². The van der Waals surface area contributed by atoms with Gasteiger partial charge in [0, 0.05) is 29.6 Å². The Morgan fingerprint density at radius 3 is 2.33 bits per heavy atom. The molecule has 2 N–H and O–H groups in total. The highest BCUT2D eigenvalue weighted by Crippen LogP contribution is 2.30. The van der Waals surface area contributed by atoms with Crippen LogP contribution in [0.4, 0.5) is 0 Å². The summed E-state index contributed by atoms with van der Waals surface area (Å²) < 4.78 is 5.90. The van der Waals surface area contributed by atoms with Crippen LogP contribution in [-0.2, 0) is 21.4 Å². The molecule has 9 nitrogen and oxygen atoms in total. The lowest BCUT2D eigenvalue weighted by atomic mass is 9.95. The first-order valence-electron chi connectivity index (χ1n) is 17.9. The lowest BCUT2D eigenvalue weighted by Crippen LogP contribution is -2.52. The number of aliphatic carboxylic acids is 1. The fourth-order valence-electron chi connectivity index (χ4n) is 5.95. The van der Waals surface area contributed by atoms with E-state index in [0.29, 0.717) is 30.1 Å². The maximum atomic E-state index is 13.8. The van der Waals surface area contributed by atoms with E-state index in [-0.39, 0.29) is 17.7 Å². The zero-order chi connectivity index (χ0) is 37.0. The van der Waals surface area contributed by atoms with Crippen molar-refractivity contribution in [2.24, 2.45) is 9.98 Å². The summed E-state index contributed by atoms with van der Waals surface area (Å²) in [6.45, 7) is 15.2. The van der Waals surface area contributed by atoms with E-state index in [1.807, 2.05) is 61.5 Å². The normalized spacial score (nSPS) is 15.8. The van der Waals surface area contributed by atoms with Crippen LogP contribution in [0.3, 0.4) is 0 Å². The largest absolute Gasteiger partial charge is 0.494 e. The summed E-state index contributed by atoms with van der Waals surface area (Å²) >= 11 is 1.39. The summed E-state index contributed by atoms with van der Waals surface area (Å²) in [6.07, 6.45) is 8.94. The van der Waals surface area contributed by atoms with E-state index in [0.717, 1.165) is 45.9 Å². The highest BCUT2D eigenvalue weighted by Gasteiger charge is 2.38. The van der Waals surface area contributed by atoms with Gasteiger partial charge in [0.15, 0.2) is 5.84 Å². The highest BCUT2D eigenvalue weighted by molar-refractivity contribution is 7.14. The standard InChI is InChI=1S/C41H52N4O5S/c1-7-8-9-10-11-25-50-32-20-18-30(19-21-32)28(2)27-43-37(42-6)31-16-14-29(15-17-31)26-33(39(47)45-24-12-13-34(45)40(48)49)44-38(46)35-22-23-36(51-35)41(3,4)5/h14-23,27,33-34H,6-13,24-26H2,1-5H3,(H,44,46)(H,48,49)/b28-27+,43-37?/t33-,34+/m0/s1. The Bertz CT molecular complexity index is 1700. The van der Waals surface area contributed by atoms with Crippen molar-refractivity contribution in [3.63, 3.8) is 0 Å². The molecule has 0 saturated carbocycles. The van der Waals surface area contributed by atoms with Crippen molar-refractivity contribution in [1.82, 2.24) is 10.2 Å². The first kappa shape index (κ1) is 39.2. The van der Waals surface area contributed by atoms with E-state index in [1.165, 1.54) is 41.9 Å². The number of rotatable bonds is 16. The maximum Gasteiger partial charge on any atom is 0.326 e. The summed E-state index contributed by atoms with van der Waals surface area (Å²) in [4.78, 5) is 50.8. The van der Waals surface area contributed by atoms with Gasteiger partial charge in [-0.1, -0.05) is 89.8 Å². The molecule has 2 heterocycles. The fraction of sp³-hybridized carbons (Fsp3) is 0.439. The highest BCUT2D eigenvalue weighted by atomic mass is 32.1. The van der Waals surface area contributed by atoms with Crippen LogP contribution in [0.15, 0.2) is 76.8 Å². The fourth-order valence-corrected chi connectivity index (χ4v) is 6.92. The van der Waals surface area contributed by atoms with Crippen molar-refractivity contribution in [2.45, 2.75) is 103 Å². The molecule has 3 aromatic rings. The minimum atomic E-state index is -1.04. The number of likely N-dealkylation sites (tertiary alicyclic amines) is 1. The van der Waals surface area contributed by atoms with E-state index in [4.69, 9.17) is 4.74 Å². The van der Waals surface area contributed by atoms with Crippen molar-refractivity contribution in [3.05, 3.63) is 93.3 Å². The third-order valence-electron chi connectivity index (χ3n) is 9.00. The van der Waals surface area contributed by atoms with Crippen LogP contribution in [-0.4, -0.2) is 65.6 Å². The van der Waals surface area contributed by atoms with Crippen molar-refractivity contribution in [2.75, 3.05) is 13.2 Å². The quantitative estimate of drug-likeness (QED) is 0.0879. The van der Waals surface area contributed by atoms with E-state index in [9.17, 15) is 19.5 Å². The predicted octanol–water partition coefficient (Wildman–Crippen LogP) is 8.32. The van der Waals surface area contributed by atoms with E-state index in [1.54, 1.807) is 12.3 Å². The average molecular weight is 713 g/mol. The molecule has 2 atom stereocenters. The van der Waals surface area contributed by atoms with Crippen molar-refractivity contribution in [1.29, 1.82) is 0 Å². The molecule has 272 valence electrons. The molecule has 0 spiro atoms. The van der Waals surface area contributed by atoms with Crippen molar-refractivity contribution < 1.29 is 24.2 Å². The van der Waals surface area contributed by atoms with Gasteiger partial charge in [0.25, 0.3) is 5.91 Å². The Morgan fingerprint density at radius 2 is 1.71 bits per heavy atom. The molecule has 1 fully saturated rings. The molecule has 0 bridgehead atoms. The maximum absolute atomic E-state index is 13.8. The van der Waals surface area contributed by atoms with Gasteiger partial charge in [-0.3, -0.25) is 9.59 Å². The SMILES string of the molecule is C=NC(=N/C=C(\C)c1ccc(OCCCCCCC)cc1)c1ccc(C[C@H](NC(=O)c2ccc(C(C)(C)C)s2)C(=O)N2CCC[C@@H]2C(=O)O)cc1. The molecule has 10 heteroatoms. The van der Waals surface area contributed by atoms with Gasteiger partial charge in [0.05, 0.1) is 11.5 Å². The minimum Gasteiger partial charge on any atom is -0.494 e. The second-order valence-corrected chi connectivity index (χ2v) is 15.2. The van der Waals surface area contributed by atoms with Gasteiger partial charge < -0.3 is 20.1 Å². The number of amides is 2. The molecule has 1 aromatic heterocycles. The monoisotopic (exact) mass is 712 g/mol. The number of nitrogens with zero attached hydrogens (tertiary/aromatic N) is 3. The first-order chi connectivity index (χ1) is 24.4. The second-order valence-electron chi connectivity index (χ2n) is 14.1. The van der Waals surface area contributed by atoms with Gasteiger partial charge in [-0.2, -0.15) is 0 Å². The third-order valence-corrected chi connectivity index (χ3v) is 10.5. The number of ether oxygens (including phenoxy) is 1. The molecule has 4 rings (SSSR count). The number of amidine groups is 1. The number of benzene rings is 2. The molecule has 0 unspecified atom stereocenters. The summed E-state index contributed by atoms with van der Waals surface area (Å²) in [5.74, 6) is -0.498. The molecule has 1 aliphatic rings. The molecule has 0 radical (unpaired) electrons. The minimum absolute atomic E-state index is 0.116. The van der Waals surface area contributed by atoms with Gasteiger partial charge in [-0.25, -0.2) is 14.8 Å². The van der Waals surface area contributed by atoms with E-state index < -0.39 is 24.0 Å². The van der Waals surface area contributed by atoms with E-state index >= 15 is 0 Å². The summed E-state index contributed by atoms with van der Waals surface area (Å²) in [5, 5.41) is 12.7. The Balaban J connectivity index is 1.45. The number of carboxylic acids is 1. The number of allylic oxidation sites excluding steroid dienone is 1. The van der Waals surface area contributed by atoms with Crippen LogP contribution < -0.4 is 10.1 Å². The Hall–Kier alpha value is -4.57. The Kier molecular flexibility index (Phi) is 14.3. The summed E-state index contributed by atoms with van der Waals surface area (Å²) in [7, 11) is 0. The molecule has 1 saturated heterocycles. The van der Waals surface area contributed by atoms with Gasteiger partial charge in [0.1, 0.15) is 17.8 Å². The average Bonchev–Trinajstić information content (AvgIpc) is 3.82. The van der Waals surface area contributed by atoms with Crippen molar-refractivity contribution >= 4 is 47.2 Å². The first-order valence-corrected chi connectivity index (χ1v) is 18.7. The van der Waals surface area contributed by atoms with Crippen LogP contribution in [0, 0.1) is 0 Å². The van der Waals surface area contributed by atoms with Crippen LogP contribution in [0.1, 0.15) is 111 Å².